The van der Waals surface area contributed by atoms with E-state index in [-0.39, 0.29) is 23.4 Å². The maximum atomic E-state index is 13.6. The maximum Gasteiger partial charge on any atom is 0.294 e. The van der Waals surface area contributed by atoms with Crippen molar-refractivity contribution >= 4 is 29.3 Å². The Hall–Kier alpha value is -4.91. The number of hydrogen-bond acceptors (Lipinski definition) is 4. The van der Waals surface area contributed by atoms with Crippen LogP contribution >= 0.6 is 0 Å². The van der Waals surface area contributed by atoms with Gasteiger partial charge in [-0.25, -0.2) is 4.39 Å². The van der Waals surface area contributed by atoms with E-state index in [1.807, 2.05) is 66.4 Å². The van der Waals surface area contributed by atoms with Crippen LogP contribution in [0.5, 0.6) is 5.75 Å². The number of para-hydroxylation sites is 2. The van der Waals surface area contributed by atoms with E-state index >= 15 is 0 Å². The van der Waals surface area contributed by atoms with Crippen molar-refractivity contribution in [3.8, 4) is 5.75 Å². The minimum Gasteiger partial charge on any atom is -0.449 e. The molecule has 1 fully saturated rings. The summed E-state index contributed by atoms with van der Waals surface area (Å²) >= 11 is 0. The van der Waals surface area contributed by atoms with Crippen molar-refractivity contribution in [3.63, 3.8) is 0 Å². The van der Waals surface area contributed by atoms with Gasteiger partial charge in [-0.05, 0) is 72.7 Å². The molecule has 4 aromatic rings. The molecule has 4 aromatic carbocycles. The van der Waals surface area contributed by atoms with Crippen LogP contribution in [0.1, 0.15) is 27.0 Å². The summed E-state index contributed by atoms with van der Waals surface area (Å²) in [5.41, 5.74) is 5.21. The maximum absolute atomic E-state index is 13.6. The van der Waals surface area contributed by atoms with Gasteiger partial charge in [0, 0.05) is 37.4 Å². The molecule has 0 radical (unpaired) electrons. The Bertz CT molecular complexity index is 1610. The number of amides is 2. The second-order valence-electron chi connectivity index (χ2n) is 10.3. The van der Waals surface area contributed by atoms with Crippen LogP contribution in [0.3, 0.4) is 0 Å². The van der Waals surface area contributed by atoms with Gasteiger partial charge in [-0.2, -0.15) is 0 Å². The molecule has 0 N–H and O–H groups in total. The summed E-state index contributed by atoms with van der Waals surface area (Å²) in [6.07, 6.45) is 1.72. The highest BCUT2D eigenvalue weighted by Gasteiger charge is 2.30. The zero-order chi connectivity index (χ0) is 28.3. The molecular formula is C34H30FN3O3. The predicted molar refractivity (Wildman–Crippen MR) is 158 cm³/mol. The number of carbonyl (C=O) groups is 2. The number of ether oxygens (including phenoxy) is 1. The fraction of sp³-hybridized carbons (Fsp3) is 0.176. The Morgan fingerprint density at radius 2 is 1.61 bits per heavy atom. The first-order valence-electron chi connectivity index (χ1n) is 13.7. The number of rotatable bonds is 5. The fourth-order valence-electron chi connectivity index (χ4n) is 5.29. The highest BCUT2D eigenvalue weighted by Crippen LogP contribution is 2.36. The third-order valence-electron chi connectivity index (χ3n) is 7.47. The van der Waals surface area contributed by atoms with Crippen molar-refractivity contribution in [2.75, 3.05) is 36.0 Å². The van der Waals surface area contributed by atoms with Crippen molar-refractivity contribution in [1.82, 2.24) is 4.90 Å². The zero-order valence-electron chi connectivity index (χ0n) is 22.8. The Morgan fingerprint density at radius 3 is 2.34 bits per heavy atom. The molecule has 7 heteroatoms. The van der Waals surface area contributed by atoms with Crippen LogP contribution in [0.2, 0.25) is 0 Å². The number of halogens is 1. The van der Waals surface area contributed by atoms with E-state index in [2.05, 4.69) is 11.0 Å². The molecule has 0 aromatic heterocycles. The smallest absolute Gasteiger partial charge is 0.294 e. The molecule has 0 bridgehead atoms. The molecule has 0 aliphatic carbocycles. The number of aryl methyl sites for hydroxylation is 1. The van der Waals surface area contributed by atoms with Gasteiger partial charge < -0.3 is 14.5 Å². The zero-order valence-corrected chi connectivity index (χ0v) is 22.8. The monoisotopic (exact) mass is 547 g/mol. The van der Waals surface area contributed by atoms with Gasteiger partial charge in [0.05, 0.1) is 12.2 Å². The third-order valence-corrected chi connectivity index (χ3v) is 7.47. The minimum absolute atomic E-state index is 0.0359. The van der Waals surface area contributed by atoms with Gasteiger partial charge in [-0.3, -0.25) is 14.5 Å². The van der Waals surface area contributed by atoms with Gasteiger partial charge in [0.2, 0.25) is 0 Å². The van der Waals surface area contributed by atoms with Crippen LogP contribution in [0, 0.1) is 12.7 Å². The van der Waals surface area contributed by atoms with Crippen LogP contribution in [0.25, 0.3) is 6.08 Å². The molecule has 6 rings (SSSR count). The van der Waals surface area contributed by atoms with E-state index in [1.54, 1.807) is 35.2 Å². The average molecular weight is 548 g/mol. The number of nitrogens with zero attached hydrogens (tertiary/aromatic N) is 3. The molecule has 2 aliphatic heterocycles. The summed E-state index contributed by atoms with van der Waals surface area (Å²) in [7, 11) is 0. The van der Waals surface area contributed by atoms with Gasteiger partial charge in [0.25, 0.3) is 11.8 Å². The molecule has 2 heterocycles. The minimum atomic E-state index is -0.259. The molecule has 2 aliphatic rings. The summed E-state index contributed by atoms with van der Waals surface area (Å²) in [6.45, 7) is 5.00. The SMILES string of the molecule is Cc1cccc(CN2C(=O)/C(=C\c3ccc(C(=O)N4CCN(c5ccc(F)cc5)CC4)cc3)Oc3ccccc32)c1. The fourth-order valence-corrected chi connectivity index (χ4v) is 5.29. The van der Waals surface area contributed by atoms with Gasteiger partial charge in [-0.15, -0.1) is 0 Å². The first kappa shape index (κ1) is 26.3. The van der Waals surface area contributed by atoms with Crippen molar-refractivity contribution in [3.05, 3.63) is 131 Å². The first-order valence-corrected chi connectivity index (χ1v) is 13.7. The van der Waals surface area contributed by atoms with Gasteiger partial charge in [0.1, 0.15) is 5.82 Å². The molecule has 0 saturated carbocycles. The average Bonchev–Trinajstić information content (AvgIpc) is 3.00. The quantitative estimate of drug-likeness (QED) is 0.285. The van der Waals surface area contributed by atoms with Crippen LogP contribution in [-0.2, 0) is 11.3 Å². The predicted octanol–water partition coefficient (Wildman–Crippen LogP) is 6.06. The Labute approximate surface area is 238 Å². The van der Waals surface area contributed by atoms with E-state index in [9.17, 15) is 14.0 Å². The number of fused-ring (bicyclic) bond motifs is 1. The van der Waals surface area contributed by atoms with E-state index < -0.39 is 0 Å². The molecule has 206 valence electrons. The lowest BCUT2D eigenvalue weighted by Crippen LogP contribution is -2.48. The summed E-state index contributed by atoms with van der Waals surface area (Å²) < 4.78 is 19.3. The number of hydrogen-bond donors (Lipinski definition) is 0. The summed E-state index contributed by atoms with van der Waals surface area (Å²) in [5.74, 6) is 0.339. The van der Waals surface area contributed by atoms with Crippen LogP contribution < -0.4 is 14.5 Å². The highest BCUT2D eigenvalue weighted by atomic mass is 19.1. The molecule has 0 unspecified atom stereocenters. The lowest BCUT2D eigenvalue weighted by Gasteiger charge is -2.36. The van der Waals surface area contributed by atoms with Gasteiger partial charge in [-0.1, -0.05) is 54.1 Å². The molecule has 6 nitrogen and oxygen atoms in total. The van der Waals surface area contributed by atoms with Crippen molar-refractivity contribution in [2.45, 2.75) is 13.5 Å². The second kappa shape index (κ2) is 11.3. The van der Waals surface area contributed by atoms with E-state index in [0.29, 0.717) is 44.0 Å². The lowest BCUT2D eigenvalue weighted by atomic mass is 10.1. The molecule has 0 atom stereocenters. The first-order chi connectivity index (χ1) is 19.9. The number of piperazine rings is 1. The van der Waals surface area contributed by atoms with Crippen molar-refractivity contribution in [2.24, 2.45) is 0 Å². The summed E-state index contributed by atoms with van der Waals surface area (Å²) in [4.78, 5) is 32.5. The molecule has 41 heavy (non-hydrogen) atoms. The highest BCUT2D eigenvalue weighted by molar-refractivity contribution is 6.09. The third kappa shape index (κ3) is 5.70. The topological polar surface area (TPSA) is 53.1 Å². The molecule has 1 saturated heterocycles. The van der Waals surface area contributed by atoms with Crippen LogP contribution in [0.15, 0.2) is 103 Å². The van der Waals surface area contributed by atoms with E-state index in [4.69, 9.17) is 4.74 Å². The van der Waals surface area contributed by atoms with E-state index in [0.717, 1.165) is 28.1 Å². The normalized spacial score (nSPS) is 16.0. The van der Waals surface area contributed by atoms with Gasteiger partial charge >= 0.3 is 0 Å². The standard InChI is InChI=1S/C34H30FN3O3/c1-24-5-4-6-26(21-24)23-38-30-7-2-3-8-31(30)41-32(34(38)40)22-25-9-11-27(12-10-25)33(39)37-19-17-36(18-20-37)29-15-13-28(35)14-16-29/h2-16,21-22H,17-20,23H2,1H3/b32-22+. The number of benzene rings is 4. The largest absolute Gasteiger partial charge is 0.449 e. The van der Waals surface area contributed by atoms with Gasteiger partial charge in [0.15, 0.2) is 11.5 Å². The van der Waals surface area contributed by atoms with E-state index in [1.165, 1.54) is 12.1 Å². The Kier molecular flexibility index (Phi) is 7.25. The second-order valence-corrected chi connectivity index (χ2v) is 10.3. The summed E-state index contributed by atoms with van der Waals surface area (Å²) in [5, 5.41) is 0. The van der Waals surface area contributed by atoms with Crippen molar-refractivity contribution < 1.29 is 18.7 Å². The Balaban J connectivity index is 1.15. The summed E-state index contributed by atoms with van der Waals surface area (Å²) in [6, 6.07) is 29.3. The van der Waals surface area contributed by atoms with Crippen LogP contribution in [-0.4, -0.2) is 42.9 Å². The molecule has 0 spiro atoms. The number of carbonyl (C=O) groups excluding carboxylic acids is 2. The number of anilines is 2. The van der Waals surface area contributed by atoms with Crippen LogP contribution in [0.4, 0.5) is 15.8 Å². The molecule has 2 amide bonds. The molecular weight excluding hydrogens is 517 g/mol. The Morgan fingerprint density at radius 1 is 0.878 bits per heavy atom. The van der Waals surface area contributed by atoms with Crippen molar-refractivity contribution in [1.29, 1.82) is 0 Å². The lowest BCUT2D eigenvalue weighted by molar-refractivity contribution is -0.117.